The van der Waals surface area contributed by atoms with Crippen LogP contribution in [-0.2, 0) is 4.74 Å². The van der Waals surface area contributed by atoms with Gasteiger partial charge in [-0.05, 0) is 36.4 Å². The standard InChI is InChI=1S/C14H12FNO3/c1-18-14(17)16-11-5-7-12(8-6-11)19-13-4-2-3-10(15)9-13/h2-9H,1H3,(H,16,17). The maximum Gasteiger partial charge on any atom is 0.411 e. The van der Waals surface area contributed by atoms with Gasteiger partial charge in [-0.3, -0.25) is 5.32 Å². The van der Waals surface area contributed by atoms with E-state index in [1.54, 1.807) is 36.4 Å². The first-order valence-electron chi connectivity index (χ1n) is 5.56. The molecule has 1 amide bonds. The summed E-state index contributed by atoms with van der Waals surface area (Å²) in [6.07, 6.45) is -0.543. The lowest BCUT2D eigenvalue weighted by Gasteiger charge is -2.07. The Balaban J connectivity index is 2.04. The Labute approximate surface area is 109 Å². The number of ether oxygens (including phenoxy) is 2. The first kappa shape index (κ1) is 12.9. The van der Waals surface area contributed by atoms with Crippen molar-refractivity contribution in [2.75, 3.05) is 12.4 Å². The molecule has 4 nitrogen and oxygen atoms in total. The van der Waals surface area contributed by atoms with Crippen LogP contribution in [-0.4, -0.2) is 13.2 Å². The summed E-state index contributed by atoms with van der Waals surface area (Å²) >= 11 is 0. The summed E-state index contributed by atoms with van der Waals surface area (Å²) in [5.41, 5.74) is 0.582. The predicted octanol–water partition coefficient (Wildman–Crippen LogP) is 3.80. The van der Waals surface area contributed by atoms with E-state index < -0.39 is 6.09 Å². The van der Waals surface area contributed by atoms with E-state index in [0.29, 0.717) is 17.2 Å². The van der Waals surface area contributed by atoms with Crippen LogP contribution in [0.25, 0.3) is 0 Å². The highest BCUT2D eigenvalue weighted by molar-refractivity contribution is 5.84. The average molecular weight is 261 g/mol. The molecular weight excluding hydrogens is 249 g/mol. The zero-order chi connectivity index (χ0) is 13.7. The van der Waals surface area contributed by atoms with Gasteiger partial charge in [0, 0.05) is 11.8 Å². The summed E-state index contributed by atoms with van der Waals surface area (Å²) in [5, 5.41) is 2.52. The summed E-state index contributed by atoms with van der Waals surface area (Å²) in [5.74, 6) is 0.594. The van der Waals surface area contributed by atoms with Crippen LogP contribution in [0.4, 0.5) is 14.9 Å². The third-order valence-corrected chi connectivity index (χ3v) is 2.32. The largest absolute Gasteiger partial charge is 0.457 e. The molecule has 0 saturated carbocycles. The quantitative estimate of drug-likeness (QED) is 0.914. The fourth-order valence-electron chi connectivity index (χ4n) is 1.44. The molecular formula is C14H12FNO3. The third kappa shape index (κ3) is 3.70. The SMILES string of the molecule is COC(=O)Nc1ccc(Oc2cccc(F)c2)cc1. The van der Waals surface area contributed by atoms with Crippen LogP contribution in [0.1, 0.15) is 0 Å². The maximum atomic E-state index is 13.0. The topological polar surface area (TPSA) is 47.6 Å². The first-order valence-corrected chi connectivity index (χ1v) is 5.56. The van der Waals surface area contributed by atoms with Crippen LogP contribution < -0.4 is 10.1 Å². The van der Waals surface area contributed by atoms with Crippen molar-refractivity contribution in [3.63, 3.8) is 0 Å². The number of hydrogen-bond donors (Lipinski definition) is 1. The van der Waals surface area contributed by atoms with Crippen LogP contribution in [0.5, 0.6) is 11.5 Å². The number of carbonyl (C=O) groups is 1. The molecule has 0 radical (unpaired) electrons. The maximum absolute atomic E-state index is 13.0. The molecule has 0 aromatic heterocycles. The molecule has 0 atom stereocenters. The Kier molecular flexibility index (Phi) is 3.97. The van der Waals surface area contributed by atoms with E-state index in [0.717, 1.165) is 0 Å². The second-order valence-corrected chi connectivity index (χ2v) is 3.70. The monoisotopic (exact) mass is 261 g/mol. The Bertz CT molecular complexity index is 569. The second kappa shape index (κ2) is 5.86. The Morgan fingerprint density at radius 3 is 2.47 bits per heavy atom. The number of carbonyl (C=O) groups excluding carboxylic acids is 1. The van der Waals surface area contributed by atoms with E-state index in [1.165, 1.54) is 19.2 Å². The van der Waals surface area contributed by atoms with Crippen LogP contribution in [0.2, 0.25) is 0 Å². The normalized spacial score (nSPS) is 9.79. The molecule has 2 aromatic carbocycles. The van der Waals surface area contributed by atoms with Gasteiger partial charge in [0.05, 0.1) is 7.11 Å². The fourth-order valence-corrected chi connectivity index (χ4v) is 1.44. The number of methoxy groups -OCH3 is 1. The van der Waals surface area contributed by atoms with Crippen molar-refractivity contribution in [3.8, 4) is 11.5 Å². The first-order chi connectivity index (χ1) is 9.17. The van der Waals surface area contributed by atoms with Gasteiger partial charge in [0.25, 0.3) is 0 Å². The minimum Gasteiger partial charge on any atom is -0.457 e. The van der Waals surface area contributed by atoms with Crippen molar-refractivity contribution < 1.29 is 18.7 Å². The van der Waals surface area contributed by atoms with Crippen molar-refractivity contribution in [3.05, 3.63) is 54.3 Å². The summed E-state index contributed by atoms with van der Waals surface area (Å²) in [4.78, 5) is 11.0. The lowest BCUT2D eigenvalue weighted by Crippen LogP contribution is -2.10. The van der Waals surface area contributed by atoms with Crippen molar-refractivity contribution in [2.24, 2.45) is 0 Å². The van der Waals surface area contributed by atoms with Crippen LogP contribution in [0, 0.1) is 5.82 Å². The number of hydrogen-bond acceptors (Lipinski definition) is 3. The molecule has 0 spiro atoms. The van der Waals surface area contributed by atoms with E-state index >= 15 is 0 Å². The van der Waals surface area contributed by atoms with Gasteiger partial charge >= 0.3 is 6.09 Å². The molecule has 2 aromatic rings. The number of amides is 1. The lowest BCUT2D eigenvalue weighted by molar-refractivity contribution is 0.187. The minimum atomic E-state index is -0.543. The highest BCUT2D eigenvalue weighted by Crippen LogP contribution is 2.23. The molecule has 0 aliphatic carbocycles. The third-order valence-electron chi connectivity index (χ3n) is 2.32. The second-order valence-electron chi connectivity index (χ2n) is 3.70. The molecule has 5 heteroatoms. The molecule has 98 valence electrons. The Morgan fingerprint density at radius 2 is 1.84 bits per heavy atom. The number of benzene rings is 2. The van der Waals surface area contributed by atoms with Crippen LogP contribution >= 0.6 is 0 Å². The molecule has 0 aliphatic rings. The summed E-state index contributed by atoms with van der Waals surface area (Å²) in [6.45, 7) is 0. The average Bonchev–Trinajstić information content (AvgIpc) is 2.41. The lowest BCUT2D eigenvalue weighted by atomic mass is 10.3. The molecule has 1 N–H and O–H groups in total. The van der Waals surface area contributed by atoms with E-state index in [2.05, 4.69) is 10.1 Å². The highest BCUT2D eigenvalue weighted by Gasteiger charge is 2.02. The number of anilines is 1. The molecule has 0 unspecified atom stereocenters. The molecule has 0 saturated heterocycles. The fraction of sp³-hybridized carbons (Fsp3) is 0.0714. The van der Waals surface area contributed by atoms with E-state index in [9.17, 15) is 9.18 Å². The summed E-state index contributed by atoms with van der Waals surface area (Å²) in [7, 11) is 1.29. The molecule has 2 rings (SSSR count). The molecule has 0 aliphatic heterocycles. The molecule has 19 heavy (non-hydrogen) atoms. The molecule has 0 bridgehead atoms. The van der Waals surface area contributed by atoms with Crippen molar-refractivity contribution >= 4 is 11.8 Å². The minimum absolute atomic E-state index is 0.360. The number of nitrogens with one attached hydrogen (secondary N) is 1. The van der Waals surface area contributed by atoms with Gasteiger partial charge < -0.3 is 9.47 Å². The Morgan fingerprint density at radius 1 is 1.11 bits per heavy atom. The van der Waals surface area contributed by atoms with Gasteiger partial charge in [-0.15, -0.1) is 0 Å². The van der Waals surface area contributed by atoms with Crippen LogP contribution in [0.3, 0.4) is 0 Å². The van der Waals surface area contributed by atoms with Crippen molar-refractivity contribution in [2.45, 2.75) is 0 Å². The number of halogens is 1. The zero-order valence-corrected chi connectivity index (χ0v) is 10.2. The predicted molar refractivity (Wildman–Crippen MR) is 68.9 cm³/mol. The summed E-state index contributed by atoms with van der Waals surface area (Å²) < 4.78 is 22.9. The summed E-state index contributed by atoms with van der Waals surface area (Å²) in [6, 6.07) is 12.5. The molecule has 0 fully saturated rings. The molecule has 0 heterocycles. The van der Waals surface area contributed by atoms with Crippen LogP contribution in [0.15, 0.2) is 48.5 Å². The zero-order valence-electron chi connectivity index (χ0n) is 10.2. The Hall–Kier alpha value is -2.56. The smallest absolute Gasteiger partial charge is 0.411 e. The van der Waals surface area contributed by atoms with E-state index in [1.807, 2.05) is 0 Å². The highest BCUT2D eigenvalue weighted by atomic mass is 19.1. The number of rotatable bonds is 3. The van der Waals surface area contributed by atoms with Gasteiger partial charge in [-0.25, -0.2) is 9.18 Å². The van der Waals surface area contributed by atoms with Gasteiger partial charge in [0.15, 0.2) is 0 Å². The van der Waals surface area contributed by atoms with E-state index in [4.69, 9.17) is 4.74 Å². The van der Waals surface area contributed by atoms with Crippen molar-refractivity contribution in [1.82, 2.24) is 0 Å². The van der Waals surface area contributed by atoms with E-state index in [-0.39, 0.29) is 5.82 Å². The van der Waals surface area contributed by atoms with Gasteiger partial charge in [-0.2, -0.15) is 0 Å². The van der Waals surface area contributed by atoms with Gasteiger partial charge in [0.1, 0.15) is 17.3 Å². The van der Waals surface area contributed by atoms with Gasteiger partial charge in [0.2, 0.25) is 0 Å². The van der Waals surface area contributed by atoms with Crippen molar-refractivity contribution in [1.29, 1.82) is 0 Å². The van der Waals surface area contributed by atoms with Gasteiger partial charge in [-0.1, -0.05) is 6.07 Å².